The summed E-state index contributed by atoms with van der Waals surface area (Å²) in [5.41, 5.74) is 0.564. The third-order valence-electron chi connectivity index (χ3n) is 4.28. The first kappa shape index (κ1) is 18.1. The smallest absolute Gasteiger partial charge is 0.303 e. The fourth-order valence-corrected chi connectivity index (χ4v) is 3.07. The first-order valence-electron chi connectivity index (χ1n) is 8.37. The van der Waals surface area contributed by atoms with E-state index in [-0.39, 0.29) is 18.2 Å². The van der Waals surface area contributed by atoms with Crippen LogP contribution in [0.4, 0.5) is 0 Å². The van der Waals surface area contributed by atoms with Crippen LogP contribution in [0.1, 0.15) is 43.0 Å². The van der Waals surface area contributed by atoms with E-state index < -0.39 is 5.97 Å². The molecule has 6 heteroatoms. The van der Waals surface area contributed by atoms with E-state index in [4.69, 9.17) is 14.6 Å². The van der Waals surface area contributed by atoms with Crippen molar-refractivity contribution in [3.63, 3.8) is 0 Å². The van der Waals surface area contributed by atoms with Crippen LogP contribution in [0.2, 0.25) is 0 Å². The maximum atomic E-state index is 12.7. The zero-order chi connectivity index (χ0) is 17.5. The van der Waals surface area contributed by atoms with Crippen LogP contribution < -0.4 is 9.47 Å². The molecule has 1 amide bonds. The van der Waals surface area contributed by atoms with Crippen LogP contribution in [0, 0.1) is 5.92 Å². The van der Waals surface area contributed by atoms with Gasteiger partial charge in [-0.15, -0.1) is 0 Å². The number of hydrogen-bond donors (Lipinski definition) is 1. The molecule has 0 bridgehead atoms. The summed E-state index contributed by atoms with van der Waals surface area (Å²) in [5.74, 6) is 0.589. The fraction of sp³-hybridized carbons (Fsp3) is 0.556. The highest BCUT2D eigenvalue weighted by Crippen LogP contribution is 2.29. The number of carbonyl (C=O) groups excluding carboxylic acids is 1. The molecule has 1 saturated heterocycles. The molecule has 0 spiro atoms. The van der Waals surface area contributed by atoms with Gasteiger partial charge in [-0.25, -0.2) is 0 Å². The highest BCUT2D eigenvalue weighted by molar-refractivity contribution is 5.95. The zero-order valence-electron chi connectivity index (χ0n) is 14.3. The van der Waals surface area contributed by atoms with Gasteiger partial charge < -0.3 is 19.5 Å². The van der Waals surface area contributed by atoms with Gasteiger partial charge >= 0.3 is 5.97 Å². The lowest BCUT2D eigenvalue weighted by molar-refractivity contribution is -0.137. The van der Waals surface area contributed by atoms with E-state index in [1.165, 1.54) is 0 Å². The van der Waals surface area contributed by atoms with Crippen molar-refractivity contribution in [2.45, 2.75) is 32.6 Å². The second-order valence-electron chi connectivity index (χ2n) is 5.99. The van der Waals surface area contributed by atoms with Crippen LogP contribution in [-0.2, 0) is 4.79 Å². The number of amides is 1. The Hall–Kier alpha value is -2.24. The number of piperidine rings is 1. The minimum absolute atomic E-state index is 0.0450. The van der Waals surface area contributed by atoms with Gasteiger partial charge in [0.2, 0.25) is 0 Å². The molecule has 1 atom stereocenters. The number of nitrogens with zero attached hydrogens (tertiary/aromatic N) is 1. The third kappa shape index (κ3) is 4.63. The van der Waals surface area contributed by atoms with E-state index >= 15 is 0 Å². The van der Waals surface area contributed by atoms with Crippen LogP contribution >= 0.6 is 0 Å². The number of hydrogen-bond acceptors (Lipinski definition) is 4. The monoisotopic (exact) mass is 335 g/mol. The summed E-state index contributed by atoms with van der Waals surface area (Å²) in [7, 11) is 1.55. The Morgan fingerprint density at radius 2 is 2.12 bits per heavy atom. The first-order chi connectivity index (χ1) is 11.5. The van der Waals surface area contributed by atoms with Crippen LogP contribution in [0.15, 0.2) is 18.2 Å². The number of carbonyl (C=O) groups is 2. The molecule has 0 saturated carbocycles. The summed E-state index contributed by atoms with van der Waals surface area (Å²) >= 11 is 0. The molecule has 1 fully saturated rings. The topological polar surface area (TPSA) is 76.1 Å². The number of benzene rings is 1. The van der Waals surface area contributed by atoms with Crippen LogP contribution in [-0.4, -0.2) is 48.7 Å². The van der Waals surface area contributed by atoms with Gasteiger partial charge in [0.05, 0.1) is 13.7 Å². The molecular weight excluding hydrogens is 310 g/mol. The molecule has 1 unspecified atom stereocenters. The van der Waals surface area contributed by atoms with Gasteiger partial charge in [0.1, 0.15) is 0 Å². The molecule has 6 nitrogen and oxygen atoms in total. The van der Waals surface area contributed by atoms with Gasteiger partial charge in [0.25, 0.3) is 5.91 Å². The van der Waals surface area contributed by atoms with E-state index in [0.717, 1.165) is 12.8 Å². The van der Waals surface area contributed by atoms with Gasteiger partial charge in [-0.05, 0) is 50.3 Å². The molecule has 1 aliphatic heterocycles. The summed E-state index contributed by atoms with van der Waals surface area (Å²) in [6, 6.07) is 5.20. The van der Waals surface area contributed by atoms with Gasteiger partial charge in [-0.2, -0.15) is 0 Å². The molecule has 1 aromatic rings. The number of likely N-dealkylation sites (tertiary alicyclic amines) is 1. The van der Waals surface area contributed by atoms with Crippen molar-refractivity contribution < 1.29 is 24.2 Å². The summed E-state index contributed by atoms with van der Waals surface area (Å²) < 4.78 is 10.8. The van der Waals surface area contributed by atoms with Crippen molar-refractivity contribution in [3.05, 3.63) is 23.8 Å². The predicted molar refractivity (Wildman–Crippen MR) is 89.7 cm³/mol. The summed E-state index contributed by atoms with van der Waals surface area (Å²) in [6.45, 7) is 3.74. The molecule has 2 rings (SSSR count). The Morgan fingerprint density at radius 1 is 1.33 bits per heavy atom. The minimum Gasteiger partial charge on any atom is -0.493 e. The fourth-order valence-electron chi connectivity index (χ4n) is 3.07. The molecule has 0 aromatic heterocycles. The SMILES string of the molecule is CCOc1ccc(C(=O)N2CCCC(CCC(=O)O)C2)cc1OC. The molecule has 0 radical (unpaired) electrons. The van der Waals surface area contributed by atoms with E-state index in [2.05, 4.69) is 0 Å². The second kappa shape index (κ2) is 8.57. The third-order valence-corrected chi connectivity index (χ3v) is 4.28. The van der Waals surface area contributed by atoms with Crippen molar-refractivity contribution in [3.8, 4) is 11.5 Å². The predicted octanol–water partition coefficient (Wildman–Crippen LogP) is 2.81. The number of rotatable bonds is 7. The number of ether oxygens (including phenoxy) is 2. The Labute approximate surface area is 142 Å². The van der Waals surface area contributed by atoms with Crippen molar-refractivity contribution in [1.29, 1.82) is 0 Å². The Balaban J connectivity index is 2.06. The van der Waals surface area contributed by atoms with Crippen molar-refractivity contribution in [2.24, 2.45) is 5.92 Å². The first-order valence-corrected chi connectivity index (χ1v) is 8.37. The lowest BCUT2D eigenvalue weighted by Crippen LogP contribution is -2.40. The molecule has 0 aliphatic carbocycles. The van der Waals surface area contributed by atoms with Crippen LogP contribution in [0.25, 0.3) is 0 Å². The van der Waals surface area contributed by atoms with Crippen LogP contribution in [0.5, 0.6) is 11.5 Å². The maximum Gasteiger partial charge on any atom is 0.303 e. The molecule has 1 aliphatic rings. The van der Waals surface area contributed by atoms with Crippen molar-refractivity contribution >= 4 is 11.9 Å². The van der Waals surface area contributed by atoms with Gasteiger partial charge in [-0.3, -0.25) is 9.59 Å². The standard InChI is InChI=1S/C18H25NO5/c1-3-24-15-8-7-14(11-16(15)23-2)18(22)19-10-4-5-13(12-19)6-9-17(20)21/h7-8,11,13H,3-6,9-10,12H2,1-2H3,(H,20,21). The number of aliphatic carboxylic acids is 1. The number of methoxy groups -OCH3 is 1. The second-order valence-corrected chi connectivity index (χ2v) is 5.99. The van der Waals surface area contributed by atoms with E-state index in [9.17, 15) is 9.59 Å². The molecule has 1 heterocycles. The number of carboxylic acid groups (broad SMARTS) is 1. The molecule has 1 aromatic carbocycles. The summed E-state index contributed by atoms with van der Waals surface area (Å²) in [6.07, 6.45) is 2.66. The Kier molecular flexibility index (Phi) is 6.46. The van der Waals surface area contributed by atoms with E-state index in [1.54, 1.807) is 25.3 Å². The van der Waals surface area contributed by atoms with E-state index in [0.29, 0.717) is 43.2 Å². The molecule has 132 valence electrons. The molecular formula is C18H25NO5. The molecule has 24 heavy (non-hydrogen) atoms. The molecule has 1 N–H and O–H groups in total. The zero-order valence-corrected chi connectivity index (χ0v) is 14.3. The highest BCUT2D eigenvalue weighted by atomic mass is 16.5. The quantitative estimate of drug-likeness (QED) is 0.829. The summed E-state index contributed by atoms with van der Waals surface area (Å²) in [5, 5.41) is 8.82. The lowest BCUT2D eigenvalue weighted by Gasteiger charge is -2.32. The van der Waals surface area contributed by atoms with Crippen molar-refractivity contribution in [1.82, 2.24) is 4.90 Å². The minimum atomic E-state index is -0.783. The van der Waals surface area contributed by atoms with E-state index in [1.807, 2.05) is 11.8 Å². The maximum absolute atomic E-state index is 12.7. The normalized spacial score (nSPS) is 17.4. The highest BCUT2D eigenvalue weighted by Gasteiger charge is 2.25. The summed E-state index contributed by atoms with van der Waals surface area (Å²) in [4.78, 5) is 25.3. The average molecular weight is 335 g/mol. The van der Waals surface area contributed by atoms with Gasteiger partial charge in [0, 0.05) is 25.1 Å². The lowest BCUT2D eigenvalue weighted by atomic mass is 9.93. The average Bonchev–Trinajstić information content (AvgIpc) is 2.60. The van der Waals surface area contributed by atoms with Gasteiger partial charge in [0.15, 0.2) is 11.5 Å². The van der Waals surface area contributed by atoms with Gasteiger partial charge in [-0.1, -0.05) is 0 Å². The van der Waals surface area contributed by atoms with Crippen molar-refractivity contribution in [2.75, 3.05) is 26.8 Å². The largest absolute Gasteiger partial charge is 0.493 e. The Morgan fingerprint density at radius 3 is 2.79 bits per heavy atom. The van der Waals surface area contributed by atoms with Crippen LogP contribution in [0.3, 0.4) is 0 Å². The Bertz CT molecular complexity index is 587. The number of carboxylic acids is 1.